The smallest absolute Gasteiger partial charge is 0.337 e. The molecule has 0 unspecified atom stereocenters. The van der Waals surface area contributed by atoms with Crippen LogP contribution < -0.4 is 10.6 Å². The lowest BCUT2D eigenvalue weighted by atomic mass is 9.88. The van der Waals surface area contributed by atoms with Gasteiger partial charge < -0.3 is 39.1 Å². The van der Waals surface area contributed by atoms with Crippen LogP contribution in [0, 0.1) is 0 Å². The molecule has 4 aliphatic rings. The molecular weight excluding hydrogens is 400 g/mol. The molecule has 6 atom stereocenters. The molecule has 29 heavy (non-hydrogen) atoms. The Morgan fingerprint density at radius 1 is 1.03 bits per heavy atom. The number of thiocarbonyl (C=S) groups is 1. The molecule has 0 aromatic rings. The second kappa shape index (κ2) is 7.14. The van der Waals surface area contributed by atoms with Gasteiger partial charge in [-0.3, -0.25) is 0 Å². The van der Waals surface area contributed by atoms with Gasteiger partial charge in [-0.2, -0.15) is 0 Å². The predicted molar refractivity (Wildman–Crippen MR) is 105 cm³/mol. The molecule has 0 amide bonds. The topological polar surface area (TPSA) is 96.5 Å². The van der Waals surface area contributed by atoms with E-state index in [-0.39, 0.29) is 6.61 Å². The summed E-state index contributed by atoms with van der Waals surface area (Å²) in [6.07, 6.45) is -2.65. The van der Waals surface area contributed by atoms with Crippen molar-refractivity contribution in [2.75, 3.05) is 6.61 Å². The van der Waals surface area contributed by atoms with Crippen LogP contribution in [0.1, 0.15) is 41.5 Å². The summed E-state index contributed by atoms with van der Waals surface area (Å²) in [5.74, 6) is -2.10. The van der Waals surface area contributed by atoms with Gasteiger partial charge in [0.2, 0.25) is 0 Å². The fraction of sp³-hybridized carbons (Fsp3) is 0.789. The molecule has 2 N–H and O–H groups in total. The van der Waals surface area contributed by atoms with Crippen molar-refractivity contribution in [2.24, 2.45) is 0 Å². The van der Waals surface area contributed by atoms with E-state index >= 15 is 0 Å². The lowest BCUT2D eigenvalue weighted by Crippen LogP contribution is -2.64. The first-order chi connectivity index (χ1) is 13.5. The molecule has 4 rings (SSSR count). The molecule has 3 saturated heterocycles. The van der Waals surface area contributed by atoms with E-state index in [1.807, 2.05) is 27.7 Å². The SMILES string of the molecule is CCOC(=O)C1=C(C)NC(=S)N[C@H]1[C@H]1O[C@@H]2OC(C)(C)O[C@@H]2[C@H]2OC(C)(C)O[C@H]21. The average molecular weight is 429 g/mol. The first-order valence-corrected chi connectivity index (χ1v) is 10.2. The number of fused-ring (bicyclic) bond motifs is 3. The van der Waals surface area contributed by atoms with Crippen LogP contribution in [-0.2, 0) is 33.2 Å². The van der Waals surface area contributed by atoms with E-state index in [0.717, 1.165) is 0 Å². The number of esters is 1. The third kappa shape index (κ3) is 3.77. The highest BCUT2D eigenvalue weighted by Gasteiger charge is 2.62. The fourth-order valence-electron chi connectivity index (χ4n) is 4.37. The van der Waals surface area contributed by atoms with Crippen LogP contribution in [0.2, 0.25) is 0 Å². The van der Waals surface area contributed by atoms with Crippen LogP contribution in [0.15, 0.2) is 11.3 Å². The maximum absolute atomic E-state index is 12.7. The van der Waals surface area contributed by atoms with E-state index < -0.39 is 54.3 Å². The average Bonchev–Trinajstić information content (AvgIpc) is 3.07. The molecule has 10 heteroatoms. The zero-order valence-electron chi connectivity index (χ0n) is 17.4. The molecule has 0 saturated carbocycles. The molecule has 0 aromatic carbocycles. The summed E-state index contributed by atoms with van der Waals surface area (Å²) in [4.78, 5) is 12.7. The Bertz CT molecular complexity index is 753. The van der Waals surface area contributed by atoms with Crippen molar-refractivity contribution in [2.45, 2.75) is 89.9 Å². The van der Waals surface area contributed by atoms with Crippen molar-refractivity contribution in [3.05, 3.63) is 11.3 Å². The van der Waals surface area contributed by atoms with Gasteiger partial charge in [-0.1, -0.05) is 0 Å². The number of hydrogen-bond acceptors (Lipinski definition) is 8. The second-order valence-electron chi connectivity index (χ2n) is 8.47. The summed E-state index contributed by atoms with van der Waals surface area (Å²) in [7, 11) is 0. The van der Waals surface area contributed by atoms with Crippen LogP contribution in [0.25, 0.3) is 0 Å². The Kier molecular flexibility index (Phi) is 5.16. The van der Waals surface area contributed by atoms with Gasteiger partial charge in [0.15, 0.2) is 23.0 Å². The van der Waals surface area contributed by atoms with Gasteiger partial charge in [0.05, 0.1) is 18.2 Å². The first-order valence-electron chi connectivity index (χ1n) is 9.83. The van der Waals surface area contributed by atoms with E-state index in [1.165, 1.54) is 0 Å². The maximum atomic E-state index is 12.7. The van der Waals surface area contributed by atoms with Gasteiger partial charge in [0.25, 0.3) is 0 Å². The van der Waals surface area contributed by atoms with Crippen molar-refractivity contribution in [1.29, 1.82) is 0 Å². The maximum Gasteiger partial charge on any atom is 0.337 e. The van der Waals surface area contributed by atoms with Crippen LogP contribution in [0.4, 0.5) is 0 Å². The van der Waals surface area contributed by atoms with E-state index in [0.29, 0.717) is 16.4 Å². The molecular formula is C19H28N2O7S. The quantitative estimate of drug-likeness (QED) is 0.502. The van der Waals surface area contributed by atoms with Crippen LogP contribution in [0.3, 0.4) is 0 Å². The molecule has 3 fully saturated rings. The molecule has 162 valence electrons. The number of allylic oxidation sites excluding steroid dienone is 1. The van der Waals surface area contributed by atoms with Crippen LogP contribution in [-0.4, -0.2) is 66.0 Å². The number of carbonyl (C=O) groups is 1. The number of carbonyl (C=O) groups excluding carboxylic acids is 1. The summed E-state index contributed by atoms with van der Waals surface area (Å²) in [5, 5.41) is 6.53. The van der Waals surface area contributed by atoms with Crippen molar-refractivity contribution in [3.63, 3.8) is 0 Å². The monoisotopic (exact) mass is 428 g/mol. The molecule has 0 radical (unpaired) electrons. The lowest BCUT2D eigenvalue weighted by molar-refractivity contribution is -0.237. The van der Waals surface area contributed by atoms with Crippen LogP contribution >= 0.6 is 12.2 Å². The Balaban J connectivity index is 1.71. The standard InChI is InChI=1S/C19H28N2O7S/c1-7-23-15(22)9-8(2)20-17(29)21-10(9)11-12-13(26-18(3,4)25-12)14-16(24-11)28-19(5,6)27-14/h10-14,16H,7H2,1-6H3,(H2,20,21,29)/t10-,11-,12+,13+,14-,16-/m1/s1. The summed E-state index contributed by atoms with van der Waals surface area (Å²) in [5.41, 5.74) is 1.02. The molecule has 0 aromatic heterocycles. The van der Waals surface area contributed by atoms with Crippen molar-refractivity contribution in [1.82, 2.24) is 10.6 Å². The predicted octanol–water partition coefficient (Wildman–Crippen LogP) is 1.07. The minimum Gasteiger partial charge on any atom is -0.463 e. The van der Waals surface area contributed by atoms with Crippen molar-refractivity contribution in [3.8, 4) is 0 Å². The highest BCUT2D eigenvalue weighted by atomic mass is 32.1. The van der Waals surface area contributed by atoms with Crippen LogP contribution in [0.5, 0.6) is 0 Å². The molecule has 0 aliphatic carbocycles. The second-order valence-corrected chi connectivity index (χ2v) is 8.88. The van der Waals surface area contributed by atoms with Crippen molar-refractivity contribution >= 4 is 23.3 Å². The summed E-state index contributed by atoms with van der Waals surface area (Å²) in [6.45, 7) is 11.1. The van der Waals surface area contributed by atoms with E-state index in [2.05, 4.69) is 10.6 Å². The Morgan fingerprint density at radius 2 is 1.62 bits per heavy atom. The fourth-order valence-corrected chi connectivity index (χ4v) is 4.65. The number of nitrogens with one attached hydrogen (secondary N) is 2. The zero-order valence-corrected chi connectivity index (χ0v) is 18.3. The Morgan fingerprint density at radius 3 is 2.28 bits per heavy atom. The van der Waals surface area contributed by atoms with Gasteiger partial charge in [-0.05, 0) is 53.8 Å². The third-order valence-corrected chi connectivity index (χ3v) is 5.54. The first kappa shape index (κ1) is 21.0. The molecule has 4 aliphatic heterocycles. The lowest BCUT2D eigenvalue weighted by Gasteiger charge is -2.43. The van der Waals surface area contributed by atoms with Gasteiger partial charge >= 0.3 is 5.97 Å². The zero-order chi connectivity index (χ0) is 21.1. The highest BCUT2D eigenvalue weighted by Crippen LogP contribution is 2.45. The normalized spacial score (nSPS) is 40.0. The third-order valence-electron chi connectivity index (χ3n) is 5.32. The highest BCUT2D eigenvalue weighted by molar-refractivity contribution is 7.80. The van der Waals surface area contributed by atoms with E-state index in [1.54, 1.807) is 13.8 Å². The largest absolute Gasteiger partial charge is 0.463 e. The Hall–Kier alpha value is -1.30. The molecule has 0 bridgehead atoms. The van der Waals surface area contributed by atoms with Gasteiger partial charge in [0, 0.05) is 5.70 Å². The minimum absolute atomic E-state index is 0.257. The van der Waals surface area contributed by atoms with Crippen molar-refractivity contribution < 1.29 is 33.2 Å². The number of hydrogen-bond donors (Lipinski definition) is 2. The molecule has 4 heterocycles. The summed E-state index contributed by atoms with van der Waals surface area (Å²) >= 11 is 5.34. The van der Waals surface area contributed by atoms with Gasteiger partial charge in [0.1, 0.15) is 24.4 Å². The molecule has 0 spiro atoms. The minimum atomic E-state index is -0.835. The number of rotatable bonds is 3. The van der Waals surface area contributed by atoms with E-state index in [4.69, 9.17) is 40.6 Å². The summed E-state index contributed by atoms with van der Waals surface area (Å²) in [6, 6.07) is -0.596. The van der Waals surface area contributed by atoms with E-state index in [9.17, 15) is 4.79 Å². The Labute approximate surface area is 175 Å². The number of ether oxygens (including phenoxy) is 6. The summed E-state index contributed by atoms with van der Waals surface area (Å²) < 4.78 is 35.9. The molecule has 9 nitrogen and oxygen atoms in total. The van der Waals surface area contributed by atoms with Gasteiger partial charge in [-0.15, -0.1) is 0 Å². The van der Waals surface area contributed by atoms with Gasteiger partial charge in [-0.25, -0.2) is 4.79 Å².